The van der Waals surface area contributed by atoms with Crippen LogP contribution in [0.1, 0.15) is 29.2 Å². The lowest BCUT2D eigenvalue weighted by Crippen LogP contribution is -2.35. The number of halogens is 1. The van der Waals surface area contributed by atoms with Crippen LogP contribution in [0.25, 0.3) is 0 Å². The highest BCUT2D eigenvalue weighted by atomic mass is 79.9. The van der Waals surface area contributed by atoms with E-state index in [-0.39, 0.29) is 12.3 Å². The van der Waals surface area contributed by atoms with Gasteiger partial charge in [0, 0.05) is 10.2 Å². The van der Waals surface area contributed by atoms with E-state index in [0.29, 0.717) is 0 Å². The third kappa shape index (κ3) is 4.83. The van der Waals surface area contributed by atoms with E-state index in [1.165, 1.54) is 0 Å². The van der Waals surface area contributed by atoms with Gasteiger partial charge >= 0.3 is 6.03 Å². The Morgan fingerprint density at radius 1 is 1.12 bits per heavy atom. The molecule has 0 unspecified atom stereocenters. The van der Waals surface area contributed by atoms with Crippen molar-refractivity contribution in [3.63, 3.8) is 0 Å². The van der Waals surface area contributed by atoms with Gasteiger partial charge in [-0.25, -0.2) is 4.79 Å². The summed E-state index contributed by atoms with van der Waals surface area (Å²) < 4.78 is 0.920. The normalized spacial score (nSPS) is 11.6. The average Bonchev–Trinajstić information content (AvgIpc) is 2.51. The van der Waals surface area contributed by atoms with Crippen LogP contribution >= 0.6 is 15.9 Å². The molecule has 0 heterocycles. The van der Waals surface area contributed by atoms with Crippen molar-refractivity contribution in [3.8, 4) is 0 Å². The first-order valence-corrected chi connectivity index (χ1v) is 8.33. The third-order valence-electron chi connectivity index (χ3n) is 3.86. The minimum atomic E-state index is -0.664. The van der Waals surface area contributed by atoms with Crippen LogP contribution in [0.4, 0.5) is 10.5 Å². The first-order valence-electron chi connectivity index (χ1n) is 7.54. The lowest BCUT2D eigenvalue weighted by molar-refractivity contribution is -0.116. The van der Waals surface area contributed by atoms with Gasteiger partial charge in [-0.2, -0.15) is 0 Å². The standard InChI is InChI=1S/C18H20BrN3O2/c1-11-4-3-5-15(12(11)2)21-17(23)10-16(22-18(20)24)13-6-8-14(19)9-7-13/h3-9,16H,10H2,1-2H3,(H,21,23)(H3,20,22,24)/t16-/m0/s1. The first-order chi connectivity index (χ1) is 11.4. The number of carbonyl (C=O) groups excluding carboxylic acids is 2. The Balaban J connectivity index is 2.13. The molecule has 0 aliphatic rings. The van der Waals surface area contributed by atoms with Crippen LogP contribution < -0.4 is 16.4 Å². The maximum atomic E-state index is 12.4. The van der Waals surface area contributed by atoms with Gasteiger partial charge in [-0.3, -0.25) is 4.79 Å². The molecule has 0 aliphatic carbocycles. The van der Waals surface area contributed by atoms with Crippen LogP contribution in [-0.2, 0) is 4.79 Å². The van der Waals surface area contributed by atoms with Crippen LogP contribution in [0.15, 0.2) is 46.9 Å². The molecule has 24 heavy (non-hydrogen) atoms. The highest BCUT2D eigenvalue weighted by Crippen LogP contribution is 2.22. The summed E-state index contributed by atoms with van der Waals surface area (Å²) in [6, 6.07) is 12.0. The van der Waals surface area contributed by atoms with Gasteiger partial charge in [0.05, 0.1) is 12.5 Å². The Hall–Kier alpha value is -2.34. The molecular weight excluding hydrogens is 370 g/mol. The highest BCUT2D eigenvalue weighted by molar-refractivity contribution is 9.10. The van der Waals surface area contributed by atoms with Gasteiger partial charge in [-0.1, -0.05) is 40.2 Å². The van der Waals surface area contributed by atoms with Gasteiger partial charge in [-0.05, 0) is 48.7 Å². The summed E-state index contributed by atoms with van der Waals surface area (Å²) in [7, 11) is 0. The van der Waals surface area contributed by atoms with Crippen molar-refractivity contribution in [1.82, 2.24) is 5.32 Å². The number of rotatable bonds is 5. The molecule has 5 nitrogen and oxygen atoms in total. The van der Waals surface area contributed by atoms with Gasteiger partial charge in [0.15, 0.2) is 0 Å². The molecule has 0 saturated carbocycles. The van der Waals surface area contributed by atoms with Gasteiger partial charge in [0.1, 0.15) is 0 Å². The number of aryl methyl sites for hydroxylation is 1. The number of hydrogen-bond donors (Lipinski definition) is 3. The van der Waals surface area contributed by atoms with Gasteiger partial charge in [-0.15, -0.1) is 0 Å². The lowest BCUT2D eigenvalue weighted by Gasteiger charge is -2.18. The van der Waals surface area contributed by atoms with Crippen LogP contribution in [0.2, 0.25) is 0 Å². The van der Waals surface area contributed by atoms with Crippen LogP contribution in [-0.4, -0.2) is 11.9 Å². The minimum Gasteiger partial charge on any atom is -0.352 e. The van der Waals surface area contributed by atoms with E-state index in [4.69, 9.17) is 5.73 Å². The number of nitrogens with two attached hydrogens (primary N) is 1. The summed E-state index contributed by atoms with van der Waals surface area (Å²) in [5, 5.41) is 5.52. The van der Waals surface area contributed by atoms with E-state index in [2.05, 4.69) is 26.6 Å². The lowest BCUT2D eigenvalue weighted by atomic mass is 10.0. The fourth-order valence-corrected chi connectivity index (χ4v) is 2.66. The Bertz CT molecular complexity index is 744. The molecule has 4 N–H and O–H groups in total. The number of hydrogen-bond acceptors (Lipinski definition) is 2. The number of benzene rings is 2. The fraction of sp³-hybridized carbons (Fsp3) is 0.222. The molecule has 0 fully saturated rings. The zero-order valence-corrected chi connectivity index (χ0v) is 15.2. The summed E-state index contributed by atoms with van der Waals surface area (Å²) in [5.74, 6) is -0.189. The molecule has 2 aromatic carbocycles. The number of primary amides is 1. The van der Waals surface area contributed by atoms with Crippen molar-refractivity contribution < 1.29 is 9.59 Å². The van der Waals surface area contributed by atoms with Crippen molar-refractivity contribution in [2.75, 3.05) is 5.32 Å². The Morgan fingerprint density at radius 3 is 2.42 bits per heavy atom. The fourth-order valence-electron chi connectivity index (χ4n) is 2.39. The second-order valence-corrected chi connectivity index (χ2v) is 6.53. The number of carbonyl (C=O) groups is 2. The molecule has 0 aliphatic heterocycles. The predicted molar refractivity (Wildman–Crippen MR) is 98.8 cm³/mol. The minimum absolute atomic E-state index is 0.0952. The largest absolute Gasteiger partial charge is 0.352 e. The SMILES string of the molecule is Cc1cccc(NC(=O)C[C@H](NC(N)=O)c2ccc(Br)cc2)c1C. The van der Waals surface area contributed by atoms with Crippen LogP contribution in [0.3, 0.4) is 0 Å². The Kier molecular flexibility index (Phi) is 5.98. The van der Waals surface area contributed by atoms with Crippen molar-refractivity contribution in [2.24, 2.45) is 5.73 Å². The molecule has 1 atom stereocenters. The number of urea groups is 1. The molecular formula is C18H20BrN3O2. The maximum Gasteiger partial charge on any atom is 0.312 e. The average molecular weight is 390 g/mol. The summed E-state index contributed by atoms with van der Waals surface area (Å²) in [6.07, 6.45) is 0.0952. The summed E-state index contributed by atoms with van der Waals surface area (Å²) >= 11 is 3.36. The van der Waals surface area contributed by atoms with Crippen molar-refractivity contribution >= 4 is 33.6 Å². The topological polar surface area (TPSA) is 84.2 Å². The number of nitrogens with one attached hydrogen (secondary N) is 2. The van der Waals surface area contributed by atoms with E-state index in [0.717, 1.165) is 26.9 Å². The molecule has 0 radical (unpaired) electrons. The summed E-state index contributed by atoms with van der Waals surface area (Å²) in [5.41, 5.74) is 8.95. The molecule has 6 heteroatoms. The molecule has 3 amide bonds. The van der Waals surface area contributed by atoms with Gasteiger partial charge < -0.3 is 16.4 Å². The first kappa shape index (κ1) is 18.0. The summed E-state index contributed by atoms with van der Waals surface area (Å²) in [4.78, 5) is 23.7. The molecule has 0 spiro atoms. The Morgan fingerprint density at radius 2 is 1.79 bits per heavy atom. The van der Waals surface area contributed by atoms with E-state index in [9.17, 15) is 9.59 Å². The number of anilines is 1. The molecule has 0 aromatic heterocycles. The van der Waals surface area contributed by atoms with Crippen LogP contribution in [0, 0.1) is 13.8 Å². The van der Waals surface area contributed by atoms with Crippen molar-refractivity contribution in [3.05, 3.63) is 63.6 Å². The quantitative estimate of drug-likeness (QED) is 0.726. The second-order valence-electron chi connectivity index (χ2n) is 5.61. The van der Waals surface area contributed by atoms with E-state index in [1.807, 2.05) is 56.3 Å². The van der Waals surface area contributed by atoms with E-state index < -0.39 is 12.1 Å². The zero-order chi connectivity index (χ0) is 17.7. The molecule has 126 valence electrons. The Labute approximate surface area is 149 Å². The van der Waals surface area contributed by atoms with Gasteiger partial charge in [0.2, 0.25) is 5.91 Å². The van der Waals surface area contributed by atoms with Crippen molar-refractivity contribution in [2.45, 2.75) is 26.3 Å². The molecule has 2 rings (SSSR count). The maximum absolute atomic E-state index is 12.4. The monoisotopic (exact) mass is 389 g/mol. The number of amides is 3. The third-order valence-corrected chi connectivity index (χ3v) is 4.39. The van der Waals surface area contributed by atoms with E-state index in [1.54, 1.807) is 0 Å². The van der Waals surface area contributed by atoms with Crippen LogP contribution in [0.5, 0.6) is 0 Å². The van der Waals surface area contributed by atoms with E-state index >= 15 is 0 Å². The van der Waals surface area contributed by atoms with Crippen molar-refractivity contribution in [1.29, 1.82) is 0 Å². The molecule has 0 saturated heterocycles. The molecule has 2 aromatic rings. The zero-order valence-electron chi connectivity index (χ0n) is 13.6. The smallest absolute Gasteiger partial charge is 0.312 e. The highest BCUT2D eigenvalue weighted by Gasteiger charge is 2.18. The molecule has 0 bridgehead atoms. The summed E-state index contributed by atoms with van der Waals surface area (Å²) in [6.45, 7) is 3.95. The predicted octanol–water partition coefficient (Wildman–Crippen LogP) is 3.80. The van der Waals surface area contributed by atoms with Gasteiger partial charge in [0.25, 0.3) is 0 Å². The second kappa shape index (κ2) is 7.97.